The number of carboxylic acid groups (broad SMARTS) is 3. The summed E-state index contributed by atoms with van der Waals surface area (Å²) in [6, 6.07) is 4.01. The number of hydrogen-bond acceptors (Lipinski definition) is 8. The predicted octanol–water partition coefficient (Wildman–Crippen LogP) is 3.21. The number of carboxylic acids is 3. The summed E-state index contributed by atoms with van der Waals surface area (Å²) in [6.45, 7) is 2.08. The molecule has 1 rings (SSSR count). The summed E-state index contributed by atoms with van der Waals surface area (Å²) >= 11 is 0. The summed E-state index contributed by atoms with van der Waals surface area (Å²) in [5.74, 6) is -8.39. The molecule has 0 saturated carbocycles. The molecule has 0 bridgehead atoms. The maximum Gasteiger partial charge on any atom is 0.337 e. The number of benzene rings is 1. The Labute approximate surface area is 251 Å². The van der Waals surface area contributed by atoms with Crippen LogP contribution in [0, 0.1) is 5.92 Å². The van der Waals surface area contributed by atoms with Crippen LogP contribution in [0.4, 0.5) is 0 Å². The lowest BCUT2D eigenvalue weighted by Crippen LogP contribution is -2.55. The molecule has 240 valence electrons. The third kappa shape index (κ3) is 13.8. The second-order valence-electron chi connectivity index (χ2n) is 10.8. The molecule has 0 aliphatic carbocycles. The van der Waals surface area contributed by atoms with E-state index in [0.717, 1.165) is 31.8 Å². The van der Waals surface area contributed by atoms with Crippen LogP contribution < -0.4 is 5.32 Å². The standard InChI is InChI=1S/C31H45NO11/c1-2-3-4-10-13-25(34)26(35)14-11-8-6-5-7-9-12-23(31(43,30(41)42)20-27(36)37)28(38)32-24(29(39)40)19-21-15-17-22(33)18-16-21/h9,12,15-18,23-25,33-34,43H,2-8,10-11,13-14,19-20H2,1H3,(H,32,38)(H,36,37)(H,39,40)(H,41,42)/t23-,24+,25-,31+/m1/s1. The van der Waals surface area contributed by atoms with E-state index in [-0.39, 0.29) is 24.4 Å². The van der Waals surface area contributed by atoms with E-state index < -0.39 is 53.9 Å². The Hall–Kier alpha value is -3.77. The van der Waals surface area contributed by atoms with Crippen molar-refractivity contribution >= 4 is 29.6 Å². The van der Waals surface area contributed by atoms with Crippen LogP contribution in [0.5, 0.6) is 5.75 Å². The molecule has 0 spiro atoms. The highest BCUT2D eigenvalue weighted by Crippen LogP contribution is 2.26. The van der Waals surface area contributed by atoms with Gasteiger partial charge in [0.05, 0.1) is 12.3 Å². The summed E-state index contributed by atoms with van der Waals surface area (Å²) < 4.78 is 0. The van der Waals surface area contributed by atoms with Gasteiger partial charge in [-0.3, -0.25) is 14.4 Å². The van der Waals surface area contributed by atoms with Crippen LogP contribution in [0.2, 0.25) is 0 Å². The summed E-state index contributed by atoms with van der Waals surface area (Å²) in [4.78, 5) is 60.3. The van der Waals surface area contributed by atoms with E-state index in [0.29, 0.717) is 44.1 Å². The Kier molecular flexibility index (Phi) is 16.8. The van der Waals surface area contributed by atoms with Crippen molar-refractivity contribution in [1.82, 2.24) is 5.32 Å². The molecule has 1 aromatic rings. The molecular weight excluding hydrogens is 562 g/mol. The molecule has 12 heteroatoms. The number of aliphatic carboxylic acids is 3. The van der Waals surface area contributed by atoms with Gasteiger partial charge in [0.1, 0.15) is 17.9 Å². The SMILES string of the molecule is CCCCCC[C@@H](O)C(=O)CCCCCCC=C[C@H](C(=O)N[C@@H](Cc1ccc(O)cc1)C(=O)O)[C@@](O)(CC(=O)O)C(=O)O. The molecule has 43 heavy (non-hydrogen) atoms. The Morgan fingerprint density at radius 2 is 1.53 bits per heavy atom. The lowest BCUT2D eigenvalue weighted by molar-refractivity contribution is -0.172. The van der Waals surface area contributed by atoms with E-state index in [2.05, 4.69) is 12.2 Å². The number of aromatic hydroxyl groups is 1. The van der Waals surface area contributed by atoms with Gasteiger partial charge in [-0.15, -0.1) is 0 Å². The summed E-state index contributed by atoms with van der Waals surface area (Å²) in [5.41, 5.74) is -2.61. The van der Waals surface area contributed by atoms with Crippen LogP contribution in [0.1, 0.15) is 89.5 Å². The zero-order chi connectivity index (χ0) is 32.4. The normalized spacial score (nSPS) is 14.9. The zero-order valence-electron chi connectivity index (χ0n) is 24.6. The molecule has 0 saturated heterocycles. The van der Waals surface area contributed by atoms with Gasteiger partial charge in [-0.25, -0.2) is 9.59 Å². The Morgan fingerprint density at radius 3 is 2.12 bits per heavy atom. The number of hydrogen-bond donors (Lipinski definition) is 7. The Bertz CT molecular complexity index is 1090. The van der Waals surface area contributed by atoms with Crippen LogP contribution >= 0.6 is 0 Å². The zero-order valence-corrected chi connectivity index (χ0v) is 24.6. The molecule has 0 aromatic heterocycles. The number of Topliss-reactive ketones (excluding diaryl/α,β-unsaturated/α-hetero) is 1. The van der Waals surface area contributed by atoms with Crippen molar-refractivity contribution in [3.05, 3.63) is 42.0 Å². The van der Waals surface area contributed by atoms with Crippen LogP contribution in [0.3, 0.4) is 0 Å². The Balaban J connectivity index is 2.79. The number of amides is 1. The number of carbonyl (C=O) groups is 5. The van der Waals surface area contributed by atoms with Gasteiger partial charge in [-0.05, 0) is 43.4 Å². The number of carbonyl (C=O) groups excluding carboxylic acids is 2. The summed E-state index contributed by atoms with van der Waals surface area (Å²) in [6.07, 6.45) is 7.61. The van der Waals surface area contributed by atoms with Crippen molar-refractivity contribution in [1.29, 1.82) is 0 Å². The average Bonchev–Trinajstić information content (AvgIpc) is 2.94. The first kappa shape index (κ1) is 37.3. The van der Waals surface area contributed by atoms with E-state index in [4.69, 9.17) is 0 Å². The number of rotatable bonds is 23. The largest absolute Gasteiger partial charge is 0.508 e. The number of aliphatic hydroxyl groups excluding tert-OH is 1. The molecule has 4 atom stereocenters. The topological polar surface area (TPSA) is 219 Å². The van der Waals surface area contributed by atoms with Crippen molar-refractivity contribution in [2.24, 2.45) is 5.92 Å². The smallest absolute Gasteiger partial charge is 0.337 e. The maximum atomic E-state index is 13.1. The number of nitrogens with one attached hydrogen (secondary N) is 1. The van der Waals surface area contributed by atoms with Crippen LogP contribution in [0.15, 0.2) is 36.4 Å². The monoisotopic (exact) mass is 607 g/mol. The molecule has 12 nitrogen and oxygen atoms in total. The maximum absolute atomic E-state index is 13.1. The molecule has 0 radical (unpaired) electrons. The van der Waals surface area contributed by atoms with Crippen molar-refractivity contribution in [3.8, 4) is 5.75 Å². The van der Waals surface area contributed by atoms with Gasteiger partial charge in [0, 0.05) is 12.8 Å². The van der Waals surface area contributed by atoms with Gasteiger partial charge >= 0.3 is 17.9 Å². The second-order valence-corrected chi connectivity index (χ2v) is 10.8. The van der Waals surface area contributed by atoms with Gasteiger partial charge in [0.2, 0.25) is 5.91 Å². The minimum Gasteiger partial charge on any atom is -0.508 e. The van der Waals surface area contributed by atoms with Crippen LogP contribution in [-0.4, -0.2) is 78.0 Å². The lowest BCUT2D eigenvalue weighted by atomic mass is 9.82. The molecule has 0 aliphatic heterocycles. The van der Waals surface area contributed by atoms with E-state index in [1.807, 2.05) is 0 Å². The molecular formula is C31H45NO11. The van der Waals surface area contributed by atoms with Gasteiger partial charge in [-0.1, -0.05) is 69.7 Å². The lowest BCUT2D eigenvalue weighted by Gasteiger charge is -2.29. The van der Waals surface area contributed by atoms with Crippen molar-refractivity contribution in [2.75, 3.05) is 0 Å². The summed E-state index contributed by atoms with van der Waals surface area (Å²) in [7, 11) is 0. The summed E-state index contributed by atoms with van der Waals surface area (Å²) in [5, 5.41) is 60.9. The molecule has 0 unspecified atom stereocenters. The fourth-order valence-electron chi connectivity index (χ4n) is 4.58. The van der Waals surface area contributed by atoms with Gasteiger partial charge < -0.3 is 36.0 Å². The highest BCUT2D eigenvalue weighted by atomic mass is 16.4. The second kappa shape index (κ2) is 19.4. The molecule has 0 heterocycles. The van der Waals surface area contributed by atoms with Crippen molar-refractivity contribution in [2.45, 2.75) is 108 Å². The van der Waals surface area contributed by atoms with Gasteiger partial charge in [-0.2, -0.15) is 0 Å². The molecule has 7 N–H and O–H groups in total. The number of aliphatic hydroxyl groups is 2. The van der Waals surface area contributed by atoms with Gasteiger partial charge in [0.15, 0.2) is 11.4 Å². The van der Waals surface area contributed by atoms with Crippen molar-refractivity contribution < 1.29 is 54.6 Å². The highest BCUT2D eigenvalue weighted by molar-refractivity contribution is 5.94. The minimum atomic E-state index is -3.05. The van der Waals surface area contributed by atoms with E-state index >= 15 is 0 Å². The fourth-order valence-corrected chi connectivity index (χ4v) is 4.58. The minimum absolute atomic E-state index is 0.0505. The molecule has 1 aromatic carbocycles. The number of unbranched alkanes of at least 4 members (excludes halogenated alkanes) is 7. The third-order valence-corrected chi connectivity index (χ3v) is 7.15. The first-order valence-corrected chi connectivity index (χ1v) is 14.7. The van der Waals surface area contributed by atoms with Crippen molar-refractivity contribution in [3.63, 3.8) is 0 Å². The fraction of sp³-hybridized carbons (Fsp3) is 0.581. The van der Waals surface area contributed by atoms with E-state index in [9.17, 15) is 54.6 Å². The number of ketones is 1. The number of allylic oxidation sites excluding steroid dienone is 1. The predicted molar refractivity (Wildman–Crippen MR) is 156 cm³/mol. The van der Waals surface area contributed by atoms with Crippen LogP contribution in [-0.2, 0) is 30.4 Å². The quantitative estimate of drug-likeness (QED) is 0.0707. The first-order valence-electron chi connectivity index (χ1n) is 14.7. The first-order chi connectivity index (χ1) is 20.3. The molecule has 0 fully saturated rings. The average molecular weight is 608 g/mol. The number of phenolic OH excluding ortho intramolecular Hbond substituents is 1. The third-order valence-electron chi connectivity index (χ3n) is 7.15. The van der Waals surface area contributed by atoms with Crippen LogP contribution in [0.25, 0.3) is 0 Å². The Morgan fingerprint density at radius 1 is 0.907 bits per heavy atom. The highest BCUT2D eigenvalue weighted by Gasteiger charge is 2.49. The molecule has 1 amide bonds. The molecule has 0 aliphatic rings. The van der Waals surface area contributed by atoms with E-state index in [1.165, 1.54) is 30.3 Å². The van der Waals surface area contributed by atoms with Gasteiger partial charge in [0.25, 0.3) is 0 Å². The van der Waals surface area contributed by atoms with E-state index in [1.54, 1.807) is 0 Å². The number of phenols is 1.